The van der Waals surface area contributed by atoms with E-state index in [4.69, 9.17) is 23.2 Å². The predicted molar refractivity (Wildman–Crippen MR) is 107 cm³/mol. The van der Waals surface area contributed by atoms with Gasteiger partial charge in [0.25, 0.3) is 0 Å². The Kier molecular flexibility index (Phi) is 6.07. The largest absolute Gasteiger partial charge is 0.338 e. The number of fused-ring (bicyclic) bond motifs is 1. The molecular weight excluding hydrogens is 386 g/mol. The van der Waals surface area contributed by atoms with Gasteiger partial charge in [-0.2, -0.15) is 0 Å². The van der Waals surface area contributed by atoms with Gasteiger partial charge in [0.15, 0.2) is 0 Å². The highest BCUT2D eigenvalue weighted by atomic mass is 35.5. The molecule has 2 aromatic rings. The Hall–Kier alpha value is -1.65. The van der Waals surface area contributed by atoms with Crippen LogP contribution in [0.4, 0.5) is 4.39 Å². The summed E-state index contributed by atoms with van der Waals surface area (Å²) in [5, 5.41) is 1.49. The van der Waals surface area contributed by atoms with Crippen LogP contribution in [0, 0.1) is 26.6 Å². The van der Waals surface area contributed by atoms with Crippen LogP contribution in [0.5, 0.6) is 0 Å². The predicted octanol–water partition coefficient (Wildman–Crippen LogP) is 5.36. The summed E-state index contributed by atoms with van der Waals surface area (Å²) in [4.78, 5) is 18.7. The number of nitrogens with zero attached hydrogens (tertiary/aromatic N) is 2. The molecule has 3 nitrogen and oxygen atoms in total. The number of pyridine rings is 1. The summed E-state index contributed by atoms with van der Waals surface area (Å²) in [6, 6.07) is 3.11. The van der Waals surface area contributed by atoms with Gasteiger partial charge in [-0.3, -0.25) is 9.78 Å². The maximum Gasteiger partial charge on any atom is 0.222 e. The average Bonchev–Trinajstić information content (AvgIpc) is 2.66. The van der Waals surface area contributed by atoms with Crippen LogP contribution in [0.2, 0.25) is 10.0 Å². The van der Waals surface area contributed by atoms with E-state index in [1.807, 2.05) is 18.7 Å². The van der Waals surface area contributed by atoms with Crippen molar-refractivity contribution in [2.45, 2.75) is 53.0 Å². The summed E-state index contributed by atoms with van der Waals surface area (Å²) < 4.78 is 13.3. The fraction of sp³-hybridized carbons (Fsp3) is 0.429. The van der Waals surface area contributed by atoms with Crippen LogP contribution in [0.25, 0.3) is 0 Å². The minimum Gasteiger partial charge on any atom is -0.338 e. The number of carbonyl (C=O) groups is 1. The lowest BCUT2D eigenvalue weighted by Crippen LogP contribution is -2.36. The second-order valence-electron chi connectivity index (χ2n) is 7.12. The minimum absolute atomic E-state index is 0.102. The van der Waals surface area contributed by atoms with Crippen molar-refractivity contribution in [3.63, 3.8) is 0 Å². The first-order valence-corrected chi connectivity index (χ1v) is 9.91. The third kappa shape index (κ3) is 4.12. The number of benzene rings is 1. The molecule has 6 heteroatoms. The molecule has 0 unspecified atom stereocenters. The zero-order chi connectivity index (χ0) is 19.7. The van der Waals surface area contributed by atoms with Crippen molar-refractivity contribution in [3.05, 3.63) is 61.6 Å². The zero-order valence-corrected chi connectivity index (χ0v) is 17.3. The molecule has 1 aromatic carbocycles. The summed E-state index contributed by atoms with van der Waals surface area (Å²) in [5.41, 5.74) is 5.24. The van der Waals surface area contributed by atoms with Crippen LogP contribution >= 0.6 is 23.2 Å². The number of aryl methyl sites for hydroxylation is 2. The molecule has 1 amide bonds. The van der Waals surface area contributed by atoms with Crippen LogP contribution in [-0.2, 0) is 24.2 Å². The second-order valence-corrected chi connectivity index (χ2v) is 7.88. The van der Waals surface area contributed by atoms with E-state index in [0.29, 0.717) is 38.0 Å². The molecule has 1 aliphatic rings. The van der Waals surface area contributed by atoms with Crippen LogP contribution in [0.1, 0.15) is 46.5 Å². The summed E-state index contributed by atoms with van der Waals surface area (Å²) in [7, 11) is 0. The molecule has 0 saturated heterocycles. The van der Waals surface area contributed by atoms with E-state index in [1.165, 1.54) is 6.07 Å². The highest BCUT2D eigenvalue weighted by Gasteiger charge is 2.26. The van der Waals surface area contributed by atoms with Gasteiger partial charge in [-0.15, -0.1) is 0 Å². The fourth-order valence-corrected chi connectivity index (χ4v) is 4.18. The SMILES string of the molecule is Cc1nc(CCCC(=O)N2CCc3c(Cl)c(C)c(C)c(Cl)c3C2)ccc1F. The highest BCUT2D eigenvalue weighted by Crippen LogP contribution is 2.37. The number of halogens is 3. The summed E-state index contributed by atoms with van der Waals surface area (Å²) in [5.74, 6) is -0.201. The van der Waals surface area contributed by atoms with Gasteiger partial charge in [-0.05, 0) is 74.4 Å². The molecule has 3 rings (SSSR count). The van der Waals surface area contributed by atoms with Crippen LogP contribution < -0.4 is 0 Å². The van der Waals surface area contributed by atoms with Crippen molar-refractivity contribution in [2.75, 3.05) is 6.54 Å². The molecule has 0 N–H and O–H groups in total. The summed E-state index contributed by atoms with van der Waals surface area (Å²) in [6.45, 7) is 6.74. The lowest BCUT2D eigenvalue weighted by atomic mass is 9.94. The maximum atomic E-state index is 13.3. The van der Waals surface area contributed by atoms with E-state index < -0.39 is 0 Å². The topological polar surface area (TPSA) is 33.2 Å². The number of hydrogen-bond acceptors (Lipinski definition) is 2. The molecule has 0 saturated carbocycles. The summed E-state index contributed by atoms with van der Waals surface area (Å²) in [6.07, 6.45) is 2.49. The Labute approximate surface area is 169 Å². The van der Waals surface area contributed by atoms with E-state index in [9.17, 15) is 9.18 Å². The van der Waals surface area contributed by atoms with Crippen molar-refractivity contribution in [1.82, 2.24) is 9.88 Å². The molecule has 2 heterocycles. The van der Waals surface area contributed by atoms with Gasteiger partial charge in [0.05, 0.1) is 5.69 Å². The van der Waals surface area contributed by atoms with Crippen molar-refractivity contribution >= 4 is 29.1 Å². The number of aromatic nitrogens is 1. The van der Waals surface area contributed by atoms with Crippen molar-refractivity contribution in [2.24, 2.45) is 0 Å². The first kappa shape index (κ1) is 20.1. The molecule has 0 bridgehead atoms. The third-order valence-electron chi connectivity index (χ3n) is 5.35. The Morgan fingerprint density at radius 2 is 1.81 bits per heavy atom. The Morgan fingerprint density at radius 3 is 2.48 bits per heavy atom. The van der Waals surface area contributed by atoms with Crippen LogP contribution in [-0.4, -0.2) is 22.3 Å². The molecule has 0 fully saturated rings. The molecular formula is C21H23Cl2FN2O. The Morgan fingerprint density at radius 1 is 1.15 bits per heavy atom. The van der Waals surface area contributed by atoms with Gasteiger partial charge in [0.1, 0.15) is 5.82 Å². The number of hydrogen-bond donors (Lipinski definition) is 0. The second kappa shape index (κ2) is 8.15. The van der Waals surface area contributed by atoms with Gasteiger partial charge < -0.3 is 4.90 Å². The standard InChI is InChI=1S/C21H23Cl2FN2O/c1-12-13(2)21(23)17-11-26(10-9-16(17)20(12)22)19(27)6-4-5-15-7-8-18(24)14(3)25-15/h7-8H,4-6,9-11H2,1-3H3. The highest BCUT2D eigenvalue weighted by molar-refractivity contribution is 6.35. The average molecular weight is 409 g/mol. The van der Waals surface area contributed by atoms with Crippen LogP contribution in [0.3, 0.4) is 0 Å². The van der Waals surface area contributed by atoms with E-state index in [1.54, 1.807) is 13.0 Å². The Bertz CT molecular complexity index is 898. The van der Waals surface area contributed by atoms with Crippen molar-refractivity contribution in [3.8, 4) is 0 Å². The van der Waals surface area contributed by atoms with E-state index in [0.717, 1.165) is 44.4 Å². The van der Waals surface area contributed by atoms with Crippen molar-refractivity contribution < 1.29 is 9.18 Å². The van der Waals surface area contributed by atoms with E-state index >= 15 is 0 Å². The van der Waals surface area contributed by atoms with Gasteiger partial charge >= 0.3 is 0 Å². The third-order valence-corrected chi connectivity index (χ3v) is 6.37. The van der Waals surface area contributed by atoms with Gasteiger partial charge in [0, 0.05) is 35.2 Å². The van der Waals surface area contributed by atoms with Crippen LogP contribution in [0.15, 0.2) is 12.1 Å². The molecule has 0 spiro atoms. The molecule has 1 aromatic heterocycles. The van der Waals surface area contributed by atoms with E-state index in [-0.39, 0.29) is 11.7 Å². The quantitative estimate of drug-likeness (QED) is 0.681. The summed E-state index contributed by atoms with van der Waals surface area (Å²) >= 11 is 13.0. The molecule has 0 aliphatic carbocycles. The number of amides is 1. The maximum absolute atomic E-state index is 13.3. The monoisotopic (exact) mass is 408 g/mol. The fourth-order valence-electron chi connectivity index (χ4n) is 3.52. The molecule has 144 valence electrons. The van der Waals surface area contributed by atoms with E-state index in [2.05, 4.69) is 4.98 Å². The molecule has 0 atom stereocenters. The normalized spacial score (nSPS) is 13.6. The lowest BCUT2D eigenvalue weighted by Gasteiger charge is -2.31. The first-order valence-electron chi connectivity index (χ1n) is 9.15. The number of rotatable bonds is 4. The molecule has 27 heavy (non-hydrogen) atoms. The molecule has 1 aliphatic heterocycles. The van der Waals surface area contributed by atoms with Crippen molar-refractivity contribution in [1.29, 1.82) is 0 Å². The zero-order valence-electron chi connectivity index (χ0n) is 15.8. The smallest absolute Gasteiger partial charge is 0.222 e. The van der Waals surface area contributed by atoms with Gasteiger partial charge in [-0.1, -0.05) is 23.2 Å². The van der Waals surface area contributed by atoms with Gasteiger partial charge in [0.2, 0.25) is 5.91 Å². The number of carbonyl (C=O) groups excluding carboxylic acids is 1. The first-order chi connectivity index (χ1) is 12.8. The Balaban J connectivity index is 1.63. The lowest BCUT2D eigenvalue weighted by molar-refractivity contribution is -0.132. The molecule has 0 radical (unpaired) electrons. The minimum atomic E-state index is -0.303. The van der Waals surface area contributed by atoms with Gasteiger partial charge in [-0.25, -0.2) is 4.39 Å².